The van der Waals surface area contributed by atoms with E-state index in [1.54, 1.807) is 24.3 Å². The van der Waals surface area contributed by atoms with E-state index in [9.17, 15) is 9.59 Å². The first-order valence-corrected chi connectivity index (χ1v) is 9.35. The summed E-state index contributed by atoms with van der Waals surface area (Å²) >= 11 is 5.17. The molecule has 1 aromatic carbocycles. The molecule has 25 heavy (non-hydrogen) atoms. The molecule has 0 fully saturated rings. The van der Waals surface area contributed by atoms with E-state index in [2.05, 4.69) is 22.9 Å². The van der Waals surface area contributed by atoms with Gasteiger partial charge in [0, 0.05) is 23.7 Å². The largest absolute Gasteiger partial charge is 0.350 e. The van der Waals surface area contributed by atoms with Crippen LogP contribution in [0.1, 0.15) is 69.7 Å². The number of thiocarbonyl (C=S) groups is 1. The maximum atomic E-state index is 12.0. The molecule has 0 heterocycles. The number of amides is 2. The average molecular weight is 364 g/mol. The normalized spacial score (nSPS) is 10.4. The molecule has 0 unspecified atom stereocenters. The molecule has 5 nitrogen and oxygen atoms in total. The minimum absolute atomic E-state index is 0.0711. The Balaban J connectivity index is 2.43. The lowest BCUT2D eigenvalue weighted by molar-refractivity contribution is -0.119. The molecular weight excluding hydrogens is 334 g/mol. The van der Waals surface area contributed by atoms with Gasteiger partial charge < -0.3 is 16.0 Å². The molecule has 0 aliphatic carbocycles. The second-order valence-corrected chi connectivity index (χ2v) is 6.78. The summed E-state index contributed by atoms with van der Waals surface area (Å²) in [5.41, 5.74) is 1.22. The van der Waals surface area contributed by atoms with Crippen molar-refractivity contribution in [3.05, 3.63) is 29.8 Å². The second-order valence-electron chi connectivity index (χ2n) is 6.38. The molecule has 2 amide bonds. The number of benzene rings is 1. The number of hydrogen-bond acceptors (Lipinski definition) is 3. The molecule has 0 aliphatic heterocycles. The maximum Gasteiger partial charge on any atom is 0.251 e. The Hall–Kier alpha value is -1.95. The Morgan fingerprint density at radius 1 is 1.12 bits per heavy atom. The molecule has 0 spiro atoms. The first-order valence-electron chi connectivity index (χ1n) is 8.94. The van der Waals surface area contributed by atoms with E-state index in [1.165, 1.54) is 12.8 Å². The van der Waals surface area contributed by atoms with E-state index in [0.717, 1.165) is 19.3 Å². The molecule has 0 aliphatic rings. The van der Waals surface area contributed by atoms with E-state index in [4.69, 9.17) is 12.2 Å². The molecule has 0 saturated heterocycles. The molecule has 138 valence electrons. The third kappa shape index (κ3) is 9.19. The lowest BCUT2D eigenvalue weighted by atomic mass is 10.1. The maximum absolute atomic E-state index is 12.0. The standard InChI is InChI=1S/C19H29N3O2S/c1-4-5-6-7-8-12-17(23)22-19(25)21-16-11-9-10-15(13-16)18(24)20-14(2)3/h9-11,13-14H,4-8,12H2,1-3H3,(H,20,24)(H2,21,22,23,25). The quantitative estimate of drug-likeness (QED) is 0.458. The zero-order chi connectivity index (χ0) is 18.7. The molecule has 0 saturated carbocycles. The Bertz CT molecular complexity index is 588. The highest BCUT2D eigenvalue weighted by Gasteiger charge is 2.09. The highest BCUT2D eigenvalue weighted by Crippen LogP contribution is 2.11. The molecule has 1 aromatic rings. The number of rotatable bonds is 9. The minimum Gasteiger partial charge on any atom is -0.350 e. The Morgan fingerprint density at radius 2 is 1.84 bits per heavy atom. The average Bonchev–Trinajstić information content (AvgIpc) is 2.54. The fourth-order valence-corrected chi connectivity index (χ4v) is 2.56. The van der Waals surface area contributed by atoms with Crippen LogP contribution in [0.25, 0.3) is 0 Å². The third-order valence-corrected chi connectivity index (χ3v) is 3.77. The summed E-state index contributed by atoms with van der Waals surface area (Å²) in [6.45, 7) is 5.98. The highest BCUT2D eigenvalue weighted by atomic mass is 32.1. The summed E-state index contributed by atoms with van der Waals surface area (Å²) in [6, 6.07) is 7.09. The Kier molecular flexibility index (Phi) is 9.77. The van der Waals surface area contributed by atoms with Crippen LogP contribution in [0.3, 0.4) is 0 Å². The predicted octanol–water partition coefficient (Wildman–Crippen LogP) is 4.00. The number of carbonyl (C=O) groups is 2. The summed E-state index contributed by atoms with van der Waals surface area (Å²) in [6.07, 6.45) is 5.98. The fraction of sp³-hybridized carbons (Fsp3) is 0.526. The predicted molar refractivity (Wildman–Crippen MR) is 107 cm³/mol. The lowest BCUT2D eigenvalue weighted by Crippen LogP contribution is -2.34. The van der Waals surface area contributed by atoms with Gasteiger partial charge in [0.05, 0.1) is 0 Å². The van der Waals surface area contributed by atoms with Crippen molar-refractivity contribution in [1.82, 2.24) is 10.6 Å². The summed E-state index contributed by atoms with van der Waals surface area (Å²) in [5, 5.41) is 8.72. The van der Waals surface area contributed by atoms with Gasteiger partial charge in [0.25, 0.3) is 5.91 Å². The molecular formula is C19H29N3O2S. The van der Waals surface area contributed by atoms with E-state index in [-0.39, 0.29) is 23.0 Å². The van der Waals surface area contributed by atoms with Crippen LogP contribution in [0.4, 0.5) is 5.69 Å². The molecule has 0 atom stereocenters. The van der Waals surface area contributed by atoms with E-state index in [1.807, 2.05) is 13.8 Å². The molecule has 6 heteroatoms. The fourth-order valence-electron chi connectivity index (χ4n) is 2.32. The zero-order valence-electron chi connectivity index (χ0n) is 15.4. The summed E-state index contributed by atoms with van der Waals surface area (Å²) in [5.74, 6) is -0.219. The van der Waals surface area contributed by atoms with E-state index < -0.39 is 0 Å². The minimum atomic E-state index is -0.138. The number of hydrogen-bond donors (Lipinski definition) is 3. The molecule has 1 rings (SSSR count). The molecule has 0 bridgehead atoms. The SMILES string of the molecule is CCCCCCCC(=O)NC(=S)Nc1cccc(C(=O)NC(C)C)c1. The van der Waals surface area contributed by atoms with Crippen LogP contribution >= 0.6 is 12.2 Å². The van der Waals surface area contributed by atoms with Gasteiger partial charge in [-0.05, 0) is 50.7 Å². The highest BCUT2D eigenvalue weighted by molar-refractivity contribution is 7.80. The van der Waals surface area contributed by atoms with Crippen LogP contribution in [-0.4, -0.2) is 23.0 Å². The van der Waals surface area contributed by atoms with Crippen molar-refractivity contribution in [1.29, 1.82) is 0 Å². The zero-order valence-corrected chi connectivity index (χ0v) is 16.2. The summed E-state index contributed by atoms with van der Waals surface area (Å²) < 4.78 is 0. The van der Waals surface area contributed by atoms with Gasteiger partial charge in [0.2, 0.25) is 5.91 Å². The molecule has 3 N–H and O–H groups in total. The van der Waals surface area contributed by atoms with Crippen molar-refractivity contribution < 1.29 is 9.59 Å². The number of carbonyl (C=O) groups excluding carboxylic acids is 2. The van der Waals surface area contributed by atoms with Crippen LogP contribution in [0.15, 0.2) is 24.3 Å². The van der Waals surface area contributed by atoms with Gasteiger partial charge in [-0.25, -0.2) is 0 Å². The van der Waals surface area contributed by atoms with Gasteiger partial charge in [0.1, 0.15) is 0 Å². The molecule has 0 radical (unpaired) electrons. The van der Waals surface area contributed by atoms with Crippen LogP contribution in [-0.2, 0) is 4.79 Å². The van der Waals surface area contributed by atoms with Crippen LogP contribution in [0.5, 0.6) is 0 Å². The lowest BCUT2D eigenvalue weighted by Gasteiger charge is -2.12. The van der Waals surface area contributed by atoms with Crippen molar-refractivity contribution in [2.24, 2.45) is 0 Å². The van der Waals surface area contributed by atoms with Crippen LogP contribution in [0.2, 0.25) is 0 Å². The van der Waals surface area contributed by atoms with Gasteiger partial charge >= 0.3 is 0 Å². The number of nitrogens with one attached hydrogen (secondary N) is 3. The van der Waals surface area contributed by atoms with Gasteiger partial charge in [0.15, 0.2) is 5.11 Å². The second kappa shape index (κ2) is 11.6. The topological polar surface area (TPSA) is 70.2 Å². The van der Waals surface area contributed by atoms with Gasteiger partial charge in [-0.15, -0.1) is 0 Å². The first kappa shape index (κ1) is 21.1. The smallest absolute Gasteiger partial charge is 0.251 e. The van der Waals surface area contributed by atoms with Crippen molar-refractivity contribution in [3.63, 3.8) is 0 Å². The van der Waals surface area contributed by atoms with Gasteiger partial charge in [-0.2, -0.15) is 0 Å². The molecule has 0 aromatic heterocycles. The first-order chi connectivity index (χ1) is 11.9. The van der Waals surface area contributed by atoms with Crippen molar-refractivity contribution >= 4 is 34.8 Å². The third-order valence-electron chi connectivity index (χ3n) is 3.56. The van der Waals surface area contributed by atoms with Crippen molar-refractivity contribution in [3.8, 4) is 0 Å². The van der Waals surface area contributed by atoms with Crippen molar-refractivity contribution in [2.45, 2.75) is 65.3 Å². The Morgan fingerprint density at radius 3 is 2.52 bits per heavy atom. The summed E-state index contributed by atoms with van der Waals surface area (Å²) in [7, 11) is 0. The van der Waals surface area contributed by atoms with Gasteiger partial charge in [-0.1, -0.05) is 38.7 Å². The Labute approximate surface area is 156 Å². The number of unbranched alkanes of at least 4 members (excludes halogenated alkanes) is 4. The summed E-state index contributed by atoms with van der Waals surface area (Å²) in [4.78, 5) is 23.9. The van der Waals surface area contributed by atoms with Crippen LogP contribution in [0, 0.1) is 0 Å². The monoisotopic (exact) mass is 363 g/mol. The van der Waals surface area contributed by atoms with Crippen molar-refractivity contribution in [2.75, 3.05) is 5.32 Å². The van der Waals surface area contributed by atoms with Gasteiger partial charge in [-0.3, -0.25) is 9.59 Å². The van der Waals surface area contributed by atoms with Crippen LogP contribution < -0.4 is 16.0 Å². The van der Waals surface area contributed by atoms with E-state index in [0.29, 0.717) is 17.7 Å². The van der Waals surface area contributed by atoms with E-state index >= 15 is 0 Å². The number of anilines is 1.